The maximum Gasteiger partial charge on any atom is 0.435 e. The van der Waals surface area contributed by atoms with Crippen molar-refractivity contribution in [2.45, 2.75) is 30.6 Å². The van der Waals surface area contributed by atoms with Crippen molar-refractivity contribution in [2.75, 3.05) is 38.6 Å². The molecule has 0 radical (unpaired) electrons. The number of halogens is 1. The van der Waals surface area contributed by atoms with Gasteiger partial charge in [0.1, 0.15) is 11.5 Å². The van der Waals surface area contributed by atoms with Crippen LogP contribution in [-0.4, -0.2) is 34.0 Å². The summed E-state index contributed by atoms with van der Waals surface area (Å²) in [6.45, 7) is 6.41. The van der Waals surface area contributed by atoms with E-state index in [0.717, 1.165) is 9.79 Å². The van der Waals surface area contributed by atoms with Crippen molar-refractivity contribution in [3.63, 3.8) is 0 Å². The smallest absolute Gasteiger partial charge is 0.435 e. The van der Waals surface area contributed by atoms with Crippen LogP contribution in [0.25, 0.3) is 0 Å². The predicted octanol–water partition coefficient (Wildman–Crippen LogP) is 6.52. The van der Waals surface area contributed by atoms with E-state index in [2.05, 4.69) is 0 Å². The molecule has 9 heteroatoms. The third-order valence-electron chi connectivity index (χ3n) is 3.97. The average molecular weight is 460 g/mol. The average Bonchev–Trinajstić information content (AvgIpc) is 2.70. The Kier molecular flexibility index (Phi) is 9.18. The second-order valence-corrected chi connectivity index (χ2v) is 9.21. The van der Waals surface area contributed by atoms with Gasteiger partial charge in [-0.25, -0.2) is 4.57 Å². The summed E-state index contributed by atoms with van der Waals surface area (Å²) in [5.41, 5.74) is 0.667. The number of rotatable bonds is 11. The van der Waals surface area contributed by atoms with Gasteiger partial charge in [-0.15, -0.1) is 0 Å². The second kappa shape index (κ2) is 11.1. The predicted molar refractivity (Wildman–Crippen MR) is 119 cm³/mol. The van der Waals surface area contributed by atoms with Crippen LogP contribution in [0.1, 0.15) is 20.8 Å². The Morgan fingerprint density at radius 2 is 1.66 bits per heavy atom. The molecule has 0 bridgehead atoms. The Morgan fingerprint density at radius 3 is 2.21 bits per heavy atom. The van der Waals surface area contributed by atoms with Gasteiger partial charge in [-0.1, -0.05) is 23.4 Å². The molecule has 2 rings (SSSR count). The zero-order valence-corrected chi connectivity index (χ0v) is 19.8. The van der Waals surface area contributed by atoms with Gasteiger partial charge in [-0.2, -0.15) is 0 Å². The van der Waals surface area contributed by atoms with Crippen LogP contribution in [-0.2, 0) is 13.6 Å². The zero-order chi connectivity index (χ0) is 21.4. The molecule has 0 fully saturated rings. The lowest BCUT2D eigenvalue weighted by Gasteiger charge is -2.31. The monoisotopic (exact) mass is 459 g/mol. The van der Waals surface area contributed by atoms with Crippen molar-refractivity contribution in [1.29, 1.82) is 0 Å². The van der Waals surface area contributed by atoms with E-state index in [-0.39, 0.29) is 13.2 Å². The molecule has 2 aromatic rings. The van der Waals surface area contributed by atoms with Crippen LogP contribution in [0, 0.1) is 0 Å². The van der Waals surface area contributed by atoms with Crippen molar-refractivity contribution in [1.82, 2.24) is 0 Å². The molecule has 6 nitrogen and oxygen atoms in total. The van der Waals surface area contributed by atoms with Crippen molar-refractivity contribution >= 4 is 36.8 Å². The first kappa shape index (κ1) is 23.9. The van der Waals surface area contributed by atoms with Crippen LogP contribution in [0.4, 0.5) is 5.69 Å². The second-order valence-electron chi connectivity index (χ2n) is 5.75. The van der Waals surface area contributed by atoms with Gasteiger partial charge in [0.2, 0.25) is 0 Å². The fourth-order valence-electron chi connectivity index (χ4n) is 2.74. The van der Waals surface area contributed by atoms with E-state index in [1.54, 1.807) is 44.9 Å². The molecule has 0 unspecified atom stereocenters. The molecule has 0 spiro atoms. The number of hydrogen-bond donors (Lipinski definition) is 0. The van der Waals surface area contributed by atoms with Crippen molar-refractivity contribution < 1.29 is 23.1 Å². The first-order valence-corrected chi connectivity index (χ1v) is 12.0. The lowest BCUT2D eigenvalue weighted by molar-refractivity contribution is 0.218. The summed E-state index contributed by atoms with van der Waals surface area (Å²) in [6, 6.07) is 11.0. The van der Waals surface area contributed by atoms with Gasteiger partial charge in [0, 0.05) is 16.5 Å². The van der Waals surface area contributed by atoms with Gasteiger partial charge in [-0.05, 0) is 57.2 Å². The van der Waals surface area contributed by atoms with E-state index >= 15 is 0 Å². The Balaban J connectivity index is 2.55. The van der Waals surface area contributed by atoms with Crippen LogP contribution in [0.5, 0.6) is 11.5 Å². The third kappa shape index (κ3) is 5.83. The number of nitrogens with zero attached hydrogens (tertiary/aromatic N) is 1. The van der Waals surface area contributed by atoms with Crippen molar-refractivity contribution in [3.05, 3.63) is 41.4 Å². The van der Waals surface area contributed by atoms with Crippen molar-refractivity contribution in [2.24, 2.45) is 0 Å². The minimum absolute atomic E-state index is 0.264. The van der Waals surface area contributed by atoms with E-state index in [0.29, 0.717) is 28.8 Å². The molecule has 29 heavy (non-hydrogen) atoms. The van der Waals surface area contributed by atoms with E-state index in [1.807, 2.05) is 31.2 Å². The first-order valence-electron chi connectivity index (χ1n) is 9.28. The Morgan fingerprint density at radius 1 is 0.966 bits per heavy atom. The van der Waals surface area contributed by atoms with Gasteiger partial charge in [0.05, 0.1) is 38.0 Å². The number of benzene rings is 2. The number of anilines is 1. The van der Waals surface area contributed by atoms with E-state index in [9.17, 15) is 4.57 Å². The highest BCUT2D eigenvalue weighted by Crippen LogP contribution is 2.56. The molecule has 0 aliphatic rings. The largest absolute Gasteiger partial charge is 0.497 e. The van der Waals surface area contributed by atoms with Crippen LogP contribution in [0.3, 0.4) is 0 Å². The SMILES string of the molecule is CCOP(=O)(OCC)N(CC)c1cc(Cl)ccc1Sc1cc(OC)ccc1OC. The number of hydrogen-bond acceptors (Lipinski definition) is 6. The van der Waals surface area contributed by atoms with Crippen LogP contribution < -0.4 is 14.1 Å². The minimum atomic E-state index is -3.53. The molecule has 0 heterocycles. The molecule has 2 aromatic carbocycles. The molecule has 0 N–H and O–H groups in total. The van der Waals surface area contributed by atoms with Gasteiger partial charge in [-0.3, -0.25) is 13.7 Å². The normalized spacial score (nSPS) is 11.4. The molecule has 0 aliphatic heterocycles. The van der Waals surface area contributed by atoms with Crippen LogP contribution in [0.15, 0.2) is 46.2 Å². The Hall–Kier alpha value is -1.37. The fourth-order valence-corrected chi connectivity index (χ4v) is 5.83. The summed E-state index contributed by atoms with van der Waals surface area (Å²) in [5.74, 6) is 1.42. The molecule has 0 aromatic heterocycles. The molecule has 0 aliphatic carbocycles. The summed E-state index contributed by atoms with van der Waals surface area (Å²) in [4.78, 5) is 1.69. The Bertz CT molecular complexity index is 857. The van der Waals surface area contributed by atoms with Crippen LogP contribution >= 0.6 is 31.1 Å². The Labute approximate surface area is 182 Å². The summed E-state index contributed by atoms with van der Waals surface area (Å²) in [5, 5.41) is 0.528. The van der Waals surface area contributed by atoms with Gasteiger partial charge in [0.15, 0.2) is 0 Å². The molecular formula is C20H27ClNO5PS. The third-order valence-corrected chi connectivity index (χ3v) is 7.57. The summed E-state index contributed by atoms with van der Waals surface area (Å²) < 4.78 is 37.1. The highest BCUT2D eigenvalue weighted by Gasteiger charge is 2.34. The van der Waals surface area contributed by atoms with E-state index < -0.39 is 7.75 Å². The zero-order valence-electron chi connectivity index (χ0n) is 17.3. The van der Waals surface area contributed by atoms with Gasteiger partial charge >= 0.3 is 7.75 Å². The summed E-state index contributed by atoms with van der Waals surface area (Å²) in [6.07, 6.45) is 0. The molecule has 0 saturated heterocycles. The summed E-state index contributed by atoms with van der Waals surface area (Å²) in [7, 11) is -0.301. The molecular weight excluding hydrogens is 433 g/mol. The number of methoxy groups -OCH3 is 2. The molecule has 160 valence electrons. The quantitative estimate of drug-likeness (QED) is 0.355. The van der Waals surface area contributed by atoms with Gasteiger partial charge in [0.25, 0.3) is 0 Å². The topological polar surface area (TPSA) is 57.2 Å². The lowest BCUT2D eigenvalue weighted by atomic mass is 10.3. The fraction of sp³-hybridized carbons (Fsp3) is 0.400. The molecule has 0 atom stereocenters. The molecule has 0 saturated carbocycles. The number of ether oxygens (including phenoxy) is 2. The van der Waals surface area contributed by atoms with Crippen molar-refractivity contribution in [3.8, 4) is 11.5 Å². The van der Waals surface area contributed by atoms with Gasteiger partial charge < -0.3 is 9.47 Å². The van der Waals surface area contributed by atoms with Crippen LogP contribution in [0.2, 0.25) is 5.02 Å². The first-order chi connectivity index (χ1) is 13.9. The highest BCUT2D eigenvalue weighted by molar-refractivity contribution is 7.99. The standard InChI is InChI=1S/C20H27ClNO5PS/c1-6-22(28(23,26-7-2)27-8-3)17-13-15(21)9-12-19(17)29-20-14-16(24-4)10-11-18(20)25-5/h9-14H,6-8H2,1-5H3. The highest BCUT2D eigenvalue weighted by atomic mass is 35.5. The molecule has 0 amide bonds. The van der Waals surface area contributed by atoms with E-state index in [4.69, 9.17) is 30.1 Å². The van der Waals surface area contributed by atoms with E-state index in [1.165, 1.54) is 11.8 Å². The maximum absolute atomic E-state index is 13.5. The lowest BCUT2D eigenvalue weighted by Crippen LogP contribution is -2.23. The minimum Gasteiger partial charge on any atom is -0.497 e. The summed E-state index contributed by atoms with van der Waals surface area (Å²) >= 11 is 7.74. The maximum atomic E-state index is 13.5.